The molecule has 6 heterocycles. The second-order valence-corrected chi connectivity index (χ2v) is 15.4. The van der Waals surface area contributed by atoms with Crippen molar-refractivity contribution >= 4 is 51.7 Å². The minimum absolute atomic E-state index is 0.0923. The molecule has 2 N–H and O–H groups in total. The second-order valence-electron chi connectivity index (χ2n) is 15.4. The van der Waals surface area contributed by atoms with Crippen molar-refractivity contribution in [1.82, 2.24) is 19.9 Å². The van der Waals surface area contributed by atoms with Crippen molar-refractivity contribution < 1.29 is 33.3 Å². The molecule has 8 bridgehead atoms. The van der Waals surface area contributed by atoms with E-state index in [9.17, 15) is 9.59 Å². The van der Waals surface area contributed by atoms with Crippen LogP contribution in [-0.4, -0.2) is 76.8 Å². The number of hydrogen-bond acceptors (Lipinski definition) is 9. The van der Waals surface area contributed by atoms with Crippen LogP contribution in [0.4, 0.5) is 0 Å². The molecule has 5 atom stereocenters. The summed E-state index contributed by atoms with van der Waals surface area (Å²) in [5.74, 6) is -0.334. The third-order valence-corrected chi connectivity index (χ3v) is 11.3. The first-order valence-corrected chi connectivity index (χ1v) is 20.1. The Balaban J connectivity index is 1.16. The van der Waals surface area contributed by atoms with Crippen LogP contribution >= 0.6 is 0 Å². The van der Waals surface area contributed by atoms with Crippen LogP contribution in [0.3, 0.4) is 0 Å². The Morgan fingerprint density at radius 1 is 0.911 bits per heavy atom. The second kappa shape index (κ2) is 18.1. The van der Waals surface area contributed by atoms with Gasteiger partial charge in [-0.25, -0.2) is 4.98 Å². The minimum Gasteiger partial charge on any atom is -0.463 e. The molecule has 0 amide bonds. The third-order valence-electron chi connectivity index (χ3n) is 11.3. The van der Waals surface area contributed by atoms with Crippen LogP contribution < -0.4 is 0 Å². The van der Waals surface area contributed by atoms with Gasteiger partial charge in [0.05, 0.1) is 24.1 Å². The number of esters is 2. The summed E-state index contributed by atoms with van der Waals surface area (Å²) >= 11 is 0. The molecule has 0 aliphatic carbocycles. The van der Waals surface area contributed by atoms with Crippen LogP contribution in [0.15, 0.2) is 24.8 Å². The zero-order valence-electron chi connectivity index (χ0n) is 34.3. The molecule has 11 heteroatoms. The normalized spacial score (nSPS) is 20.8. The van der Waals surface area contributed by atoms with Crippen LogP contribution in [0.5, 0.6) is 0 Å². The van der Waals surface area contributed by atoms with Gasteiger partial charge in [-0.3, -0.25) is 14.6 Å². The average Bonchev–Trinajstić information content (AvgIpc) is 3.85. The molecule has 6 rings (SSSR count). The Hall–Kier alpha value is -4.58. The molecule has 0 saturated carbocycles. The molecular weight excluding hydrogens is 709 g/mol. The van der Waals surface area contributed by atoms with Crippen LogP contribution in [0, 0.1) is 20.8 Å². The van der Waals surface area contributed by atoms with Crippen molar-refractivity contribution in [3.63, 3.8) is 0 Å². The molecule has 0 unspecified atom stereocenters. The fraction of sp³-hybridized carbons (Fsp3) is 0.511. The van der Waals surface area contributed by atoms with Gasteiger partial charge in [-0.15, -0.1) is 0 Å². The van der Waals surface area contributed by atoms with Gasteiger partial charge in [0, 0.05) is 90.8 Å². The number of H-pyrrole nitrogens is 2. The maximum absolute atomic E-state index is 11.6. The maximum Gasteiger partial charge on any atom is 0.302 e. The number of nitrogens with zero attached hydrogens (tertiary/aromatic N) is 2. The summed E-state index contributed by atoms with van der Waals surface area (Å²) in [7, 11) is 0. The highest BCUT2D eigenvalue weighted by molar-refractivity contribution is 5.86. The molecule has 3 aliphatic rings. The van der Waals surface area contributed by atoms with Gasteiger partial charge in [-0.2, -0.15) is 0 Å². The van der Waals surface area contributed by atoms with Gasteiger partial charge < -0.3 is 33.7 Å². The number of aromatic nitrogens is 4. The van der Waals surface area contributed by atoms with Gasteiger partial charge in [0.15, 0.2) is 6.29 Å². The number of carbonyl (C=O) groups excluding carboxylic acids is 2. The molecule has 1 saturated heterocycles. The van der Waals surface area contributed by atoms with Crippen molar-refractivity contribution in [3.8, 4) is 0 Å². The molecule has 11 nitrogen and oxygen atoms in total. The standard InChI is InChI=1S/C45H58N4O7/c1-10-34-27(5)40-23-43-35(11-2)26(4)39(47-43)22-41-28(6)36(45(49-41)29(7)38-18-25(3)37(46-38)21-42(34)48-40)14-12-15-52-16-13-17-53-44-20-32(55-31(9)51)19-33(56-44)24-54-30(8)50/h11,18,21-23,28,32-33,36,44,47-48H,2,10,12-17,19-20,24H2,1,3-9H3/t28-,32-,33-,36-,44+/m0/s1. The average molecular weight is 767 g/mol. The Morgan fingerprint density at radius 2 is 1.66 bits per heavy atom. The van der Waals surface area contributed by atoms with E-state index in [1.807, 2.05) is 6.08 Å². The summed E-state index contributed by atoms with van der Waals surface area (Å²) in [6.07, 6.45) is 7.11. The van der Waals surface area contributed by atoms with Gasteiger partial charge in [-0.05, 0) is 105 Å². The lowest BCUT2D eigenvalue weighted by Crippen LogP contribution is -2.41. The summed E-state index contributed by atoms with van der Waals surface area (Å²) in [5.41, 5.74) is 15.4. The Labute approximate surface area is 330 Å². The van der Waals surface area contributed by atoms with E-state index >= 15 is 0 Å². The van der Waals surface area contributed by atoms with Crippen LogP contribution in [0.25, 0.3) is 39.8 Å². The number of allylic oxidation sites excluding steroid dienone is 1. The van der Waals surface area contributed by atoms with Crippen molar-refractivity contribution in [1.29, 1.82) is 0 Å². The molecule has 0 radical (unpaired) electrons. The predicted molar refractivity (Wildman–Crippen MR) is 220 cm³/mol. The maximum atomic E-state index is 11.6. The molecule has 56 heavy (non-hydrogen) atoms. The minimum atomic E-state index is -0.555. The summed E-state index contributed by atoms with van der Waals surface area (Å²) in [6.45, 7) is 21.7. The summed E-state index contributed by atoms with van der Waals surface area (Å²) in [4.78, 5) is 40.8. The zero-order valence-corrected chi connectivity index (χ0v) is 34.3. The fourth-order valence-electron chi connectivity index (χ4n) is 8.25. The zero-order chi connectivity index (χ0) is 40.1. The molecule has 300 valence electrons. The van der Waals surface area contributed by atoms with Gasteiger partial charge in [0.25, 0.3) is 0 Å². The Bertz CT molecular complexity index is 2150. The molecule has 1 fully saturated rings. The van der Waals surface area contributed by atoms with Crippen molar-refractivity contribution in [2.45, 2.75) is 124 Å². The van der Waals surface area contributed by atoms with Gasteiger partial charge in [-0.1, -0.05) is 26.5 Å². The lowest BCUT2D eigenvalue weighted by molar-refractivity contribution is -0.229. The first-order chi connectivity index (χ1) is 26.9. The highest BCUT2D eigenvalue weighted by atomic mass is 16.7. The fourth-order valence-corrected chi connectivity index (χ4v) is 8.25. The van der Waals surface area contributed by atoms with Gasteiger partial charge >= 0.3 is 11.9 Å². The Kier molecular flexibility index (Phi) is 13.3. The van der Waals surface area contributed by atoms with E-state index in [4.69, 9.17) is 33.7 Å². The topological polar surface area (TPSA) is 138 Å². The number of aromatic amines is 2. The first kappa shape index (κ1) is 41.1. The van der Waals surface area contributed by atoms with E-state index in [-0.39, 0.29) is 36.5 Å². The smallest absolute Gasteiger partial charge is 0.302 e. The SMILES string of the molecule is C=Cc1c(C)c2cc3nc(c(C)c4nc(cc5[nH]c(cc1[nH]2)c(C)c5CC)C(C)=C4)[C@@H](CCCOCCCO[C@H]1C[C@@H](OC(C)=O)C[C@@H](COC(C)=O)O1)[C@@H]3C. The van der Waals surface area contributed by atoms with E-state index in [1.165, 1.54) is 25.0 Å². The summed E-state index contributed by atoms with van der Waals surface area (Å²) in [6, 6.07) is 6.61. The molecule has 3 aromatic rings. The number of ether oxygens (including phenoxy) is 5. The van der Waals surface area contributed by atoms with E-state index in [0.29, 0.717) is 39.1 Å². The third kappa shape index (κ3) is 9.33. The van der Waals surface area contributed by atoms with Crippen molar-refractivity contribution in [2.75, 3.05) is 26.4 Å². The van der Waals surface area contributed by atoms with Crippen LogP contribution in [0.2, 0.25) is 0 Å². The number of fused-ring (bicyclic) bond motifs is 8. The Morgan fingerprint density at radius 3 is 2.39 bits per heavy atom. The predicted octanol–water partition coefficient (Wildman–Crippen LogP) is 9.10. The first-order valence-electron chi connectivity index (χ1n) is 20.1. The van der Waals surface area contributed by atoms with E-state index in [0.717, 1.165) is 86.4 Å². The number of carbonyl (C=O) groups is 2. The molecule has 0 aromatic carbocycles. The van der Waals surface area contributed by atoms with E-state index < -0.39 is 12.4 Å². The highest BCUT2D eigenvalue weighted by Gasteiger charge is 2.33. The monoisotopic (exact) mass is 766 g/mol. The van der Waals surface area contributed by atoms with Gasteiger partial charge in [0.2, 0.25) is 0 Å². The molecule has 3 aliphatic heterocycles. The van der Waals surface area contributed by atoms with Crippen molar-refractivity contribution in [3.05, 3.63) is 75.4 Å². The van der Waals surface area contributed by atoms with Crippen LogP contribution in [0.1, 0.15) is 129 Å². The van der Waals surface area contributed by atoms with Crippen molar-refractivity contribution in [2.24, 2.45) is 0 Å². The lowest BCUT2D eigenvalue weighted by atomic mass is 9.86. The van der Waals surface area contributed by atoms with Gasteiger partial charge in [0.1, 0.15) is 12.7 Å². The molecule has 0 spiro atoms. The molecule has 3 aromatic heterocycles. The van der Waals surface area contributed by atoms with Crippen LogP contribution in [-0.2, 0) is 39.7 Å². The van der Waals surface area contributed by atoms with E-state index in [2.05, 4.69) is 82.4 Å². The number of hydrogen-bond donors (Lipinski definition) is 2. The highest BCUT2D eigenvalue weighted by Crippen LogP contribution is 2.42. The summed E-state index contributed by atoms with van der Waals surface area (Å²) < 4.78 is 28.6. The number of rotatable bonds is 14. The number of aryl methyl sites for hydroxylation is 3. The van der Waals surface area contributed by atoms with E-state index in [1.54, 1.807) is 0 Å². The molecular formula is C45H58N4O7. The lowest BCUT2D eigenvalue weighted by Gasteiger charge is -2.34. The quantitative estimate of drug-likeness (QED) is 0.122. The summed E-state index contributed by atoms with van der Waals surface area (Å²) in [5, 5.41) is 0. The largest absolute Gasteiger partial charge is 0.463 e. The number of nitrogens with one attached hydrogen (secondary N) is 2.